The van der Waals surface area contributed by atoms with Gasteiger partial charge >= 0.3 is 5.97 Å². The monoisotopic (exact) mass is 410 g/mol. The van der Waals surface area contributed by atoms with Crippen molar-refractivity contribution in [3.63, 3.8) is 0 Å². The predicted octanol–water partition coefficient (Wildman–Crippen LogP) is 2.30. The van der Waals surface area contributed by atoms with E-state index in [0.29, 0.717) is 17.9 Å². The van der Waals surface area contributed by atoms with Crippen molar-refractivity contribution in [1.29, 1.82) is 0 Å². The number of nitrogens with zero attached hydrogens (tertiary/aromatic N) is 3. The third-order valence-corrected chi connectivity index (χ3v) is 5.34. The fourth-order valence-corrected chi connectivity index (χ4v) is 3.66. The third-order valence-electron chi connectivity index (χ3n) is 5.34. The van der Waals surface area contributed by atoms with E-state index in [-0.39, 0.29) is 11.9 Å². The fourth-order valence-electron chi connectivity index (χ4n) is 3.66. The highest BCUT2D eigenvalue weighted by Gasteiger charge is 2.24. The summed E-state index contributed by atoms with van der Waals surface area (Å²) in [6, 6.07) is 9.59. The van der Waals surface area contributed by atoms with E-state index in [0.717, 1.165) is 49.8 Å². The smallest absolute Gasteiger partial charge is 0.339 e. The quantitative estimate of drug-likeness (QED) is 0.757. The number of fused-ring (bicyclic) bond motifs is 1. The van der Waals surface area contributed by atoms with Crippen molar-refractivity contribution in [1.82, 2.24) is 9.88 Å². The van der Waals surface area contributed by atoms with Crippen LogP contribution in [0.15, 0.2) is 36.5 Å². The van der Waals surface area contributed by atoms with E-state index < -0.39 is 6.10 Å². The van der Waals surface area contributed by atoms with Gasteiger partial charge in [0.2, 0.25) is 0 Å². The van der Waals surface area contributed by atoms with Gasteiger partial charge in [0.05, 0.1) is 17.9 Å². The van der Waals surface area contributed by atoms with Gasteiger partial charge in [0.25, 0.3) is 5.91 Å². The zero-order chi connectivity index (χ0) is 21.1. The molecular formula is C22H26N4O4. The van der Waals surface area contributed by atoms with Crippen molar-refractivity contribution < 1.29 is 19.1 Å². The Balaban J connectivity index is 1.32. The summed E-state index contributed by atoms with van der Waals surface area (Å²) in [5.41, 5.74) is 2.34. The van der Waals surface area contributed by atoms with E-state index in [4.69, 9.17) is 9.47 Å². The summed E-state index contributed by atoms with van der Waals surface area (Å²) in [6.07, 6.45) is 1.11. The maximum absolute atomic E-state index is 11.8. The lowest BCUT2D eigenvalue weighted by atomic mass is 10.1. The average molecular weight is 410 g/mol. The number of amides is 1. The first-order valence-electron chi connectivity index (χ1n) is 10.2. The van der Waals surface area contributed by atoms with Crippen LogP contribution in [-0.2, 0) is 16.1 Å². The van der Waals surface area contributed by atoms with Gasteiger partial charge in [-0.25, -0.2) is 9.78 Å². The Morgan fingerprint density at radius 3 is 2.73 bits per heavy atom. The molecule has 3 heterocycles. The number of esters is 1. The number of rotatable bonds is 5. The number of ether oxygens (including phenoxy) is 2. The number of carbonyl (C=O) groups is 2. The highest BCUT2D eigenvalue weighted by molar-refractivity contribution is 5.97. The number of carbonyl (C=O) groups excluding carboxylic acids is 2. The lowest BCUT2D eigenvalue weighted by Crippen LogP contribution is -2.46. The van der Waals surface area contributed by atoms with Gasteiger partial charge in [-0.15, -0.1) is 0 Å². The standard InChI is InChI=1S/C22H26N4O4/c1-3-29-22(28)17-5-7-20(23-13-17)26-10-8-25(9-11-26)14-16-4-6-19-18(12-16)24-21(27)15(2)30-19/h4-7,12-13,15H,3,8-11,14H2,1-2H3,(H,24,27). The van der Waals surface area contributed by atoms with Gasteiger partial charge in [0.15, 0.2) is 6.10 Å². The highest BCUT2D eigenvalue weighted by Crippen LogP contribution is 2.31. The molecule has 0 radical (unpaired) electrons. The summed E-state index contributed by atoms with van der Waals surface area (Å²) in [5, 5.41) is 2.90. The largest absolute Gasteiger partial charge is 0.479 e. The Hall–Kier alpha value is -3.13. The third kappa shape index (κ3) is 4.38. The number of nitrogens with one attached hydrogen (secondary N) is 1. The molecule has 1 amide bonds. The van der Waals surface area contributed by atoms with E-state index in [2.05, 4.69) is 20.1 Å². The lowest BCUT2D eigenvalue weighted by molar-refractivity contribution is -0.122. The molecule has 1 unspecified atom stereocenters. The molecule has 4 rings (SSSR count). The number of anilines is 2. The Morgan fingerprint density at radius 2 is 2.03 bits per heavy atom. The minimum atomic E-state index is -0.462. The highest BCUT2D eigenvalue weighted by atomic mass is 16.5. The van der Waals surface area contributed by atoms with E-state index in [1.165, 1.54) is 0 Å². The molecule has 0 saturated carbocycles. The maximum Gasteiger partial charge on any atom is 0.339 e. The Morgan fingerprint density at radius 1 is 1.23 bits per heavy atom. The number of hydrogen-bond acceptors (Lipinski definition) is 7. The van der Waals surface area contributed by atoms with Gasteiger partial charge < -0.3 is 19.7 Å². The molecule has 8 heteroatoms. The fraction of sp³-hybridized carbons (Fsp3) is 0.409. The number of hydrogen-bond donors (Lipinski definition) is 1. The molecule has 1 atom stereocenters. The lowest BCUT2D eigenvalue weighted by Gasteiger charge is -2.35. The van der Waals surface area contributed by atoms with Crippen molar-refractivity contribution in [3.8, 4) is 5.75 Å². The Bertz CT molecular complexity index is 923. The number of aromatic nitrogens is 1. The van der Waals surface area contributed by atoms with Crippen LogP contribution in [0.25, 0.3) is 0 Å². The number of piperazine rings is 1. The first kappa shape index (κ1) is 20.2. The Labute approximate surface area is 175 Å². The molecule has 1 aromatic carbocycles. The molecule has 1 aromatic heterocycles. The summed E-state index contributed by atoms with van der Waals surface area (Å²) in [7, 11) is 0. The number of benzene rings is 1. The normalized spacial score (nSPS) is 18.9. The van der Waals surface area contributed by atoms with Crippen LogP contribution < -0.4 is 15.0 Å². The van der Waals surface area contributed by atoms with Crippen molar-refractivity contribution in [2.24, 2.45) is 0 Å². The SMILES string of the molecule is CCOC(=O)c1ccc(N2CCN(Cc3ccc4c(c3)NC(=O)C(C)O4)CC2)nc1. The first-order valence-corrected chi connectivity index (χ1v) is 10.2. The molecular weight excluding hydrogens is 384 g/mol. The average Bonchev–Trinajstić information content (AvgIpc) is 2.76. The van der Waals surface area contributed by atoms with Crippen LogP contribution in [0.4, 0.5) is 11.5 Å². The van der Waals surface area contributed by atoms with E-state index in [1.807, 2.05) is 24.3 Å². The summed E-state index contributed by atoms with van der Waals surface area (Å²) >= 11 is 0. The van der Waals surface area contributed by atoms with Crippen LogP contribution >= 0.6 is 0 Å². The summed E-state index contributed by atoms with van der Waals surface area (Å²) in [5.74, 6) is 1.12. The van der Waals surface area contributed by atoms with E-state index >= 15 is 0 Å². The van der Waals surface area contributed by atoms with Gasteiger partial charge in [-0.3, -0.25) is 9.69 Å². The molecule has 1 saturated heterocycles. The molecule has 2 aliphatic heterocycles. The molecule has 1 fully saturated rings. The molecule has 0 bridgehead atoms. The topological polar surface area (TPSA) is 84.0 Å². The molecule has 158 valence electrons. The van der Waals surface area contributed by atoms with Crippen molar-refractivity contribution >= 4 is 23.4 Å². The van der Waals surface area contributed by atoms with Crippen LogP contribution in [0.1, 0.15) is 29.8 Å². The summed E-state index contributed by atoms with van der Waals surface area (Å²) < 4.78 is 10.6. The molecule has 2 aliphatic rings. The maximum atomic E-state index is 11.8. The van der Waals surface area contributed by atoms with Crippen LogP contribution in [0.2, 0.25) is 0 Å². The minimum Gasteiger partial charge on any atom is -0.479 e. The van der Waals surface area contributed by atoms with Crippen LogP contribution in [-0.4, -0.2) is 60.7 Å². The van der Waals surface area contributed by atoms with Crippen LogP contribution in [0, 0.1) is 0 Å². The van der Waals surface area contributed by atoms with Crippen molar-refractivity contribution in [2.45, 2.75) is 26.5 Å². The minimum absolute atomic E-state index is 0.116. The second-order valence-electron chi connectivity index (χ2n) is 7.47. The predicted molar refractivity (Wildman–Crippen MR) is 113 cm³/mol. The molecule has 0 spiro atoms. The molecule has 8 nitrogen and oxygen atoms in total. The van der Waals surface area contributed by atoms with Gasteiger partial charge in [0, 0.05) is 38.9 Å². The van der Waals surface area contributed by atoms with Gasteiger partial charge in [-0.1, -0.05) is 6.07 Å². The van der Waals surface area contributed by atoms with Crippen LogP contribution in [0.5, 0.6) is 5.75 Å². The van der Waals surface area contributed by atoms with E-state index in [9.17, 15) is 9.59 Å². The zero-order valence-corrected chi connectivity index (χ0v) is 17.3. The zero-order valence-electron chi connectivity index (χ0n) is 17.3. The molecule has 2 aromatic rings. The van der Waals surface area contributed by atoms with Gasteiger partial charge in [0.1, 0.15) is 11.6 Å². The van der Waals surface area contributed by atoms with E-state index in [1.54, 1.807) is 26.1 Å². The van der Waals surface area contributed by atoms with Crippen LogP contribution in [0.3, 0.4) is 0 Å². The molecule has 0 aliphatic carbocycles. The second kappa shape index (κ2) is 8.71. The second-order valence-corrected chi connectivity index (χ2v) is 7.47. The van der Waals surface area contributed by atoms with Gasteiger partial charge in [-0.05, 0) is 43.7 Å². The van der Waals surface area contributed by atoms with Crippen molar-refractivity contribution in [3.05, 3.63) is 47.7 Å². The molecule has 30 heavy (non-hydrogen) atoms. The number of pyridine rings is 1. The Kier molecular flexibility index (Phi) is 5.85. The van der Waals surface area contributed by atoms with Crippen molar-refractivity contribution in [2.75, 3.05) is 43.0 Å². The first-order chi connectivity index (χ1) is 14.5. The summed E-state index contributed by atoms with van der Waals surface area (Å²) in [4.78, 5) is 32.6. The van der Waals surface area contributed by atoms with Gasteiger partial charge in [-0.2, -0.15) is 0 Å². The summed E-state index contributed by atoms with van der Waals surface area (Å²) in [6.45, 7) is 8.20. The molecule has 1 N–H and O–H groups in total.